The number of benzene rings is 1. The van der Waals surface area contributed by atoms with Crippen molar-refractivity contribution in [2.45, 2.75) is 19.5 Å². The number of halogens is 2. The van der Waals surface area contributed by atoms with Crippen LogP contribution in [-0.2, 0) is 6.54 Å². The van der Waals surface area contributed by atoms with Gasteiger partial charge in [0.2, 0.25) is 0 Å². The third kappa shape index (κ3) is 3.79. The Labute approximate surface area is 129 Å². The van der Waals surface area contributed by atoms with Gasteiger partial charge < -0.3 is 5.73 Å². The highest BCUT2D eigenvalue weighted by Crippen LogP contribution is 2.30. The van der Waals surface area contributed by atoms with Crippen LogP contribution in [0, 0.1) is 5.82 Å². The molecule has 0 bridgehead atoms. The predicted octanol–water partition coefficient (Wildman–Crippen LogP) is 3.40. The molecule has 2 N–H and O–H groups in total. The average Bonchev–Trinajstić information content (AvgIpc) is 2.50. The number of likely N-dealkylation sites (N-methyl/N-ethyl adjacent to an activating group) is 1. The van der Waals surface area contributed by atoms with Crippen LogP contribution in [0.25, 0.3) is 0 Å². The molecule has 21 heavy (non-hydrogen) atoms. The minimum absolute atomic E-state index is 0.253. The van der Waals surface area contributed by atoms with Crippen LogP contribution in [-0.4, -0.2) is 23.0 Å². The Balaban J connectivity index is 2.29. The summed E-state index contributed by atoms with van der Waals surface area (Å²) in [6.07, 6.45) is 3.49. The third-order valence-corrected chi connectivity index (χ3v) is 3.87. The highest BCUT2D eigenvalue weighted by atomic mass is 35.5. The van der Waals surface area contributed by atoms with Crippen LogP contribution in [0.15, 0.2) is 42.7 Å². The molecule has 1 unspecified atom stereocenters. The van der Waals surface area contributed by atoms with Gasteiger partial charge in [-0.15, -0.1) is 0 Å². The van der Waals surface area contributed by atoms with Gasteiger partial charge in [-0.3, -0.25) is 9.88 Å². The zero-order chi connectivity index (χ0) is 15.2. The number of hydrogen-bond donors (Lipinski definition) is 1. The lowest BCUT2D eigenvalue weighted by atomic mass is 10.0. The summed E-state index contributed by atoms with van der Waals surface area (Å²) >= 11 is 6.17. The van der Waals surface area contributed by atoms with E-state index in [0.29, 0.717) is 23.7 Å². The van der Waals surface area contributed by atoms with Crippen molar-refractivity contribution >= 4 is 11.6 Å². The summed E-state index contributed by atoms with van der Waals surface area (Å²) in [7, 11) is 0. The Kier molecular flexibility index (Phi) is 5.67. The summed E-state index contributed by atoms with van der Waals surface area (Å²) in [6, 6.07) is 8.36. The van der Waals surface area contributed by atoms with Gasteiger partial charge in [0.25, 0.3) is 0 Å². The number of pyridine rings is 1. The van der Waals surface area contributed by atoms with E-state index in [-0.39, 0.29) is 11.9 Å². The van der Waals surface area contributed by atoms with Gasteiger partial charge in [-0.1, -0.05) is 24.6 Å². The van der Waals surface area contributed by atoms with Crippen molar-refractivity contribution in [2.24, 2.45) is 5.73 Å². The predicted molar refractivity (Wildman–Crippen MR) is 83.5 cm³/mol. The molecule has 0 saturated heterocycles. The maximum atomic E-state index is 14.1. The Hall–Kier alpha value is -1.49. The first-order chi connectivity index (χ1) is 10.2. The molecule has 2 rings (SSSR count). The van der Waals surface area contributed by atoms with Gasteiger partial charge in [-0.05, 0) is 36.4 Å². The van der Waals surface area contributed by atoms with Crippen molar-refractivity contribution in [1.82, 2.24) is 9.88 Å². The van der Waals surface area contributed by atoms with Crippen LogP contribution < -0.4 is 5.73 Å². The molecule has 0 saturated carbocycles. The Morgan fingerprint density at radius 3 is 2.57 bits per heavy atom. The molecular weight excluding hydrogens is 289 g/mol. The molecule has 0 radical (unpaired) electrons. The van der Waals surface area contributed by atoms with E-state index in [4.69, 9.17) is 17.3 Å². The number of hydrogen-bond acceptors (Lipinski definition) is 3. The normalized spacial score (nSPS) is 12.6. The second-order valence-electron chi connectivity index (χ2n) is 4.81. The van der Waals surface area contributed by atoms with Gasteiger partial charge in [-0.2, -0.15) is 0 Å². The van der Waals surface area contributed by atoms with Crippen molar-refractivity contribution in [3.05, 3.63) is 64.7 Å². The van der Waals surface area contributed by atoms with Crippen LogP contribution in [0.3, 0.4) is 0 Å². The monoisotopic (exact) mass is 307 g/mol. The highest BCUT2D eigenvalue weighted by molar-refractivity contribution is 6.31. The first-order valence-electron chi connectivity index (χ1n) is 6.94. The Morgan fingerprint density at radius 2 is 2.00 bits per heavy atom. The number of aromatic nitrogens is 1. The maximum absolute atomic E-state index is 14.1. The van der Waals surface area contributed by atoms with Crippen molar-refractivity contribution in [3.63, 3.8) is 0 Å². The van der Waals surface area contributed by atoms with E-state index in [1.54, 1.807) is 24.5 Å². The molecule has 1 heterocycles. The van der Waals surface area contributed by atoms with Gasteiger partial charge in [0, 0.05) is 36.1 Å². The molecule has 0 fully saturated rings. The molecule has 1 aromatic carbocycles. The topological polar surface area (TPSA) is 42.2 Å². The number of rotatable bonds is 6. The van der Waals surface area contributed by atoms with Gasteiger partial charge in [0.1, 0.15) is 5.82 Å². The van der Waals surface area contributed by atoms with E-state index >= 15 is 0 Å². The standard InChI is InChI=1S/C16H19ClFN3/c1-2-21(11-12-6-8-20-9-7-12)15(10-19)16-13(17)4-3-5-14(16)18/h3-9,15H,2,10-11,19H2,1H3. The fourth-order valence-electron chi connectivity index (χ4n) is 2.44. The van der Waals surface area contributed by atoms with Gasteiger partial charge in [-0.25, -0.2) is 4.39 Å². The number of nitrogens with two attached hydrogens (primary N) is 1. The zero-order valence-corrected chi connectivity index (χ0v) is 12.7. The Morgan fingerprint density at radius 1 is 1.29 bits per heavy atom. The van der Waals surface area contributed by atoms with Crippen LogP contribution in [0.4, 0.5) is 4.39 Å². The van der Waals surface area contributed by atoms with E-state index in [1.165, 1.54) is 6.07 Å². The molecule has 0 spiro atoms. The van der Waals surface area contributed by atoms with E-state index in [1.807, 2.05) is 19.1 Å². The second kappa shape index (κ2) is 7.50. The third-order valence-electron chi connectivity index (χ3n) is 3.54. The average molecular weight is 308 g/mol. The van der Waals surface area contributed by atoms with Gasteiger partial charge in [0.05, 0.1) is 6.04 Å². The molecule has 112 valence electrons. The van der Waals surface area contributed by atoms with Crippen LogP contribution in [0.5, 0.6) is 0 Å². The molecule has 1 aromatic heterocycles. The van der Waals surface area contributed by atoms with Crippen molar-refractivity contribution in [3.8, 4) is 0 Å². The largest absolute Gasteiger partial charge is 0.329 e. The second-order valence-corrected chi connectivity index (χ2v) is 5.21. The van der Waals surface area contributed by atoms with E-state index < -0.39 is 0 Å². The molecule has 2 aromatic rings. The summed E-state index contributed by atoms with van der Waals surface area (Å²) in [4.78, 5) is 6.12. The summed E-state index contributed by atoms with van der Waals surface area (Å²) in [6.45, 7) is 3.75. The lowest BCUT2D eigenvalue weighted by molar-refractivity contribution is 0.199. The van der Waals surface area contributed by atoms with Crippen molar-refractivity contribution < 1.29 is 4.39 Å². The molecule has 0 aliphatic carbocycles. The highest BCUT2D eigenvalue weighted by Gasteiger charge is 2.23. The molecular formula is C16H19ClFN3. The van der Waals surface area contributed by atoms with E-state index in [9.17, 15) is 4.39 Å². The van der Waals surface area contributed by atoms with Gasteiger partial charge in [0.15, 0.2) is 0 Å². The molecule has 3 nitrogen and oxygen atoms in total. The lowest BCUT2D eigenvalue weighted by Gasteiger charge is -2.31. The minimum atomic E-state index is -0.314. The smallest absolute Gasteiger partial charge is 0.129 e. The summed E-state index contributed by atoms with van der Waals surface area (Å²) in [5.74, 6) is -0.314. The number of nitrogens with zero attached hydrogens (tertiary/aromatic N) is 2. The summed E-state index contributed by atoms with van der Waals surface area (Å²) in [5, 5.41) is 0.415. The van der Waals surface area contributed by atoms with Crippen LogP contribution in [0.1, 0.15) is 24.1 Å². The minimum Gasteiger partial charge on any atom is -0.329 e. The van der Waals surface area contributed by atoms with Crippen LogP contribution in [0.2, 0.25) is 5.02 Å². The molecule has 0 amide bonds. The fourth-order valence-corrected chi connectivity index (χ4v) is 2.73. The summed E-state index contributed by atoms with van der Waals surface area (Å²) in [5.41, 5.74) is 7.47. The van der Waals surface area contributed by atoms with Gasteiger partial charge >= 0.3 is 0 Å². The molecule has 0 aliphatic heterocycles. The first-order valence-corrected chi connectivity index (χ1v) is 7.32. The quantitative estimate of drug-likeness (QED) is 0.889. The first kappa shape index (κ1) is 15.9. The molecule has 0 aliphatic rings. The lowest BCUT2D eigenvalue weighted by Crippen LogP contribution is -2.34. The van der Waals surface area contributed by atoms with E-state index in [0.717, 1.165) is 12.1 Å². The van der Waals surface area contributed by atoms with Crippen LogP contribution >= 0.6 is 11.6 Å². The SMILES string of the molecule is CCN(Cc1ccncc1)C(CN)c1c(F)cccc1Cl. The zero-order valence-electron chi connectivity index (χ0n) is 12.0. The Bertz CT molecular complexity index is 557. The van der Waals surface area contributed by atoms with Crippen molar-refractivity contribution in [1.29, 1.82) is 0 Å². The van der Waals surface area contributed by atoms with Crippen molar-refractivity contribution in [2.75, 3.05) is 13.1 Å². The maximum Gasteiger partial charge on any atom is 0.129 e. The molecule has 1 atom stereocenters. The van der Waals surface area contributed by atoms with E-state index in [2.05, 4.69) is 9.88 Å². The molecule has 5 heteroatoms. The fraction of sp³-hybridized carbons (Fsp3) is 0.312. The summed E-state index contributed by atoms with van der Waals surface area (Å²) < 4.78 is 14.1.